The van der Waals surface area contributed by atoms with Crippen LogP contribution in [0.2, 0.25) is 0 Å². The van der Waals surface area contributed by atoms with Crippen LogP contribution in [0.1, 0.15) is 37.4 Å². The van der Waals surface area contributed by atoms with Gasteiger partial charge in [0.05, 0.1) is 24.7 Å². The monoisotopic (exact) mass is 261 g/mol. The summed E-state index contributed by atoms with van der Waals surface area (Å²) in [6.07, 6.45) is 2.87. The van der Waals surface area contributed by atoms with Crippen LogP contribution in [0.25, 0.3) is 0 Å². The van der Waals surface area contributed by atoms with Crippen LogP contribution in [0.5, 0.6) is 5.75 Å². The Morgan fingerprint density at radius 2 is 2.37 bits per heavy atom. The normalized spacial score (nSPS) is 20.5. The molecule has 0 radical (unpaired) electrons. The van der Waals surface area contributed by atoms with Crippen molar-refractivity contribution in [3.8, 4) is 11.8 Å². The first-order chi connectivity index (χ1) is 9.29. The van der Waals surface area contributed by atoms with Gasteiger partial charge >= 0.3 is 0 Å². The molecule has 1 heterocycles. The Bertz CT molecular complexity index is 435. The van der Waals surface area contributed by atoms with Crippen LogP contribution in [-0.4, -0.2) is 24.4 Å². The van der Waals surface area contributed by atoms with E-state index in [1.807, 2.05) is 18.2 Å². The van der Waals surface area contributed by atoms with E-state index in [9.17, 15) is 5.11 Å². The molecule has 1 aliphatic rings. The SMILES string of the molecule is N#CCC(O)c1cccc(OCC2CCCCO2)c1. The van der Waals surface area contributed by atoms with E-state index >= 15 is 0 Å². The number of benzene rings is 1. The van der Waals surface area contributed by atoms with Gasteiger partial charge in [0.25, 0.3) is 0 Å². The summed E-state index contributed by atoms with van der Waals surface area (Å²) in [7, 11) is 0. The lowest BCUT2D eigenvalue weighted by Crippen LogP contribution is -2.25. The molecule has 1 fully saturated rings. The van der Waals surface area contributed by atoms with Gasteiger partial charge in [-0.15, -0.1) is 0 Å². The molecule has 0 spiro atoms. The summed E-state index contributed by atoms with van der Waals surface area (Å²) in [6.45, 7) is 1.35. The molecule has 2 rings (SSSR count). The van der Waals surface area contributed by atoms with E-state index in [-0.39, 0.29) is 12.5 Å². The average molecular weight is 261 g/mol. The quantitative estimate of drug-likeness (QED) is 0.885. The van der Waals surface area contributed by atoms with Gasteiger partial charge in [-0.1, -0.05) is 12.1 Å². The predicted molar refractivity (Wildman–Crippen MR) is 70.7 cm³/mol. The van der Waals surface area contributed by atoms with Crippen LogP contribution in [0.15, 0.2) is 24.3 Å². The van der Waals surface area contributed by atoms with Crippen LogP contribution < -0.4 is 4.74 Å². The molecule has 1 N–H and O–H groups in total. The molecule has 1 aliphatic heterocycles. The maximum absolute atomic E-state index is 9.76. The van der Waals surface area contributed by atoms with Gasteiger partial charge < -0.3 is 14.6 Å². The number of hydrogen-bond acceptors (Lipinski definition) is 4. The van der Waals surface area contributed by atoms with E-state index in [0.717, 1.165) is 19.4 Å². The Labute approximate surface area is 113 Å². The minimum absolute atomic E-state index is 0.0924. The lowest BCUT2D eigenvalue weighted by Gasteiger charge is -2.22. The first kappa shape index (κ1) is 13.9. The molecule has 1 aromatic rings. The molecule has 2 atom stereocenters. The van der Waals surface area contributed by atoms with Gasteiger partial charge in [0.2, 0.25) is 0 Å². The maximum Gasteiger partial charge on any atom is 0.119 e. The zero-order valence-electron chi connectivity index (χ0n) is 10.9. The molecular formula is C15H19NO3. The number of rotatable bonds is 5. The molecule has 102 valence electrons. The molecule has 0 bridgehead atoms. The molecule has 1 saturated heterocycles. The van der Waals surface area contributed by atoms with Gasteiger partial charge in [0, 0.05) is 6.61 Å². The van der Waals surface area contributed by atoms with Gasteiger partial charge in [0.15, 0.2) is 0 Å². The molecule has 1 aromatic carbocycles. The molecule has 0 aliphatic carbocycles. The molecule has 0 amide bonds. The van der Waals surface area contributed by atoms with Crippen molar-refractivity contribution in [2.24, 2.45) is 0 Å². The highest BCUT2D eigenvalue weighted by Gasteiger charge is 2.14. The van der Waals surface area contributed by atoms with E-state index in [0.29, 0.717) is 17.9 Å². The third-order valence-electron chi connectivity index (χ3n) is 3.24. The van der Waals surface area contributed by atoms with Crippen molar-refractivity contribution in [1.82, 2.24) is 0 Å². The molecule has 19 heavy (non-hydrogen) atoms. The average Bonchev–Trinajstić information content (AvgIpc) is 2.47. The minimum Gasteiger partial charge on any atom is -0.491 e. The Morgan fingerprint density at radius 1 is 1.47 bits per heavy atom. The van der Waals surface area contributed by atoms with E-state index in [2.05, 4.69) is 0 Å². The summed E-state index contributed by atoms with van der Waals surface area (Å²) in [5.74, 6) is 0.712. The standard InChI is InChI=1S/C15H19NO3/c16-8-7-15(17)12-4-3-6-13(10-12)19-11-14-5-1-2-9-18-14/h3-4,6,10,14-15,17H,1-2,5,7,9,11H2. The van der Waals surface area contributed by atoms with E-state index in [4.69, 9.17) is 14.7 Å². The number of nitriles is 1. The van der Waals surface area contributed by atoms with Crippen LogP contribution >= 0.6 is 0 Å². The summed E-state index contributed by atoms with van der Waals surface area (Å²) >= 11 is 0. The van der Waals surface area contributed by atoms with Crippen molar-refractivity contribution in [3.05, 3.63) is 29.8 Å². The third-order valence-corrected chi connectivity index (χ3v) is 3.24. The minimum atomic E-state index is -0.750. The zero-order valence-corrected chi connectivity index (χ0v) is 10.9. The Balaban J connectivity index is 1.89. The van der Waals surface area contributed by atoms with Crippen LogP contribution in [0.3, 0.4) is 0 Å². The lowest BCUT2D eigenvalue weighted by molar-refractivity contribution is -0.0111. The summed E-state index contributed by atoms with van der Waals surface area (Å²) < 4.78 is 11.3. The van der Waals surface area contributed by atoms with E-state index in [1.54, 1.807) is 12.1 Å². The maximum atomic E-state index is 9.76. The fourth-order valence-corrected chi connectivity index (χ4v) is 2.14. The van der Waals surface area contributed by atoms with Gasteiger partial charge in [0.1, 0.15) is 12.4 Å². The van der Waals surface area contributed by atoms with Crippen molar-refractivity contribution < 1.29 is 14.6 Å². The summed E-state index contributed by atoms with van der Waals surface area (Å²) in [5, 5.41) is 18.3. The van der Waals surface area contributed by atoms with Crippen molar-refractivity contribution >= 4 is 0 Å². The first-order valence-electron chi connectivity index (χ1n) is 6.69. The van der Waals surface area contributed by atoms with Crippen molar-refractivity contribution in [2.45, 2.75) is 37.9 Å². The summed E-state index contributed by atoms with van der Waals surface area (Å²) in [4.78, 5) is 0. The van der Waals surface area contributed by atoms with Crippen molar-refractivity contribution in [3.63, 3.8) is 0 Å². The zero-order chi connectivity index (χ0) is 13.5. The van der Waals surface area contributed by atoms with Gasteiger partial charge in [-0.3, -0.25) is 0 Å². The number of ether oxygens (including phenoxy) is 2. The van der Waals surface area contributed by atoms with Gasteiger partial charge in [-0.25, -0.2) is 0 Å². The van der Waals surface area contributed by atoms with Crippen LogP contribution in [0.4, 0.5) is 0 Å². The lowest BCUT2D eigenvalue weighted by atomic mass is 10.1. The highest BCUT2D eigenvalue weighted by atomic mass is 16.5. The van der Waals surface area contributed by atoms with Gasteiger partial charge in [-0.05, 0) is 37.0 Å². The second-order valence-corrected chi connectivity index (χ2v) is 4.75. The molecular weight excluding hydrogens is 242 g/mol. The number of aliphatic hydroxyl groups excluding tert-OH is 1. The third kappa shape index (κ3) is 4.23. The van der Waals surface area contributed by atoms with E-state index in [1.165, 1.54) is 6.42 Å². The van der Waals surface area contributed by atoms with Crippen LogP contribution in [0, 0.1) is 11.3 Å². The largest absolute Gasteiger partial charge is 0.491 e. The number of hydrogen-bond donors (Lipinski definition) is 1. The Hall–Kier alpha value is -1.57. The smallest absolute Gasteiger partial charge is 0.119 e. The molecule has 0 saturated carbocycles. The molecule has 4 nitrogen and oxygen atoms in total. The highest BCUT2D eigenvalue weighted by molar-refractivity contribution is 5.30. The Kier molecular flexibility index (Phi) is 5.20. The fourth-order valence-electron chi connectivity index (χ4n) is 2.14. The van der Waals surface area contributed by atoms with Crippen molar-refractivity contribution in [1.29, 1.82) is 5.26 Å². The van der Waals surface area contributed by atoms with Crippen molar-refractivity contribution in [2.75, 3.05) is 13.2 Å². The fraction of sp³-hybridized carbons (Fsp3) is 0.533. The number of nitrogens with zero attached hydrogens (tertiary/aromatic N) is 1. The molecule has 0 aromatic heterocycles. The highest BCUT2D eigenvalue weighted by Crippen LogP contribution is 2.22. The second-order valence-electron chi connectivity index (χ2n) is 4.75. The topological polar surface area (TPSA) is 62.5 Å². The molecule has 4 heteroatoms. The number of aliphatic hydroxyl groups is 1. The predicted octanol–water partition coefficient (Wildman–Crippen LogP) is 2.58. The summed E-state index contributed by atoms with van der Waals surface area (Å²) in [5.41, 5.74) is 0.712. The van der Waals surface area contributed by atoms with Gasteiger partial charge in [-0.2, -0.15) is 5.26 Å². The Morgan fingerprint density at radius 3 is 3.11 bits per heavy atom. The molecule has 2 unspecified atom stereocenters. The van der Waals surface area contributed by atoms with Crippen LogP contribution in [-0.2, 0) is 4.74 Å². The summed E-state index contributed by atoms with van der Waals surface area (Å²) in [6, 6.07) is 9.22. The van der Waals surface area contributed by atoms with E-state index < -0.39 is 6.10 Å². The second kappa shape index (κ2) is 7.13. The first-order valence-corrected chi connectivity index (χ1v) is 6.69.